The number of hydrogen-bond acceptors (Lipinski definition) is 6. The second-order valence-corrected chi connectivity index (χ2v) is 10.0. The van der Waals surface area contributed by atoms with Crippen LogP contribution in [-0.4, -0.2) is 45.5 Å². The van der Waals surface area contributed by atoms with Gasteiger partial charge in [0.25, 0.3) is 10.0 Å². The van der Waals surface area contributed by atoms with Crippen molar-refractivity contribution in [2.45, 2.75) is 50.2 Å². The third-order valence-electron chi connectivity index (χ3n) is 5.96. The van der Waals surface area contributed by atoms with E-state index in [9.17, 15) is 13.2 Å². The molecule has 1 unspecified atom stereocenters. The molecule has 1 amide bonds. The molecule has 4 rings (SSSR count). The highest BCUT2D eigenvalue weighted by molar-refractivity contribution is 7.90. The van der Waals surface area contributed by atoms with Crippen molar-refractivity contribution in [1.82, 2.24) is 4.72 Å². The van der Waals surface area contributed by atoms with Crippen molar-refractivity contribution < 1.29 is 22.7 Å². The number of fused-ring (bicyclic) bond motifs is 1. The molecule has 0 aliphatic carbocycles. The van der Waals surface area contributed by atoms with Crippen LogP contribution in [0.2, 0.25) is 0 Å². The van der Waals surface area contributed by atoms with Crippen LogP contribution in [0.25, 0.3) is 0 Å². The summed E-state index contributed by atoms with van der Waals surface area (Å²) in [5, 5.41) is 2.90. The Kier molecular flexibility index (Phi) is 6.99. The Bertz CT molecular complexity index is 1130. The molecule has 8 nitrogen and oxygen atoms in total. The van der Waals surface area contributed by atoms with Crippen molar-refractivity contribution in [3.8, 4) is 5.75 Å². The SMILES string of the molecule is CC[C@H](C)[C@H](N=C1NS(=O)(=O)c2ccccc21)C(=O)Nc1ccc(OCC2CCCO2)cc1. The minimum Gasteiger partial charge on any atom is -0.491 e. The van der Waals surface area contributed by atoms with E-state index in [-0.39, 0.29) is 28.7 Å². The summed E-state index contributed by atoms with van der Waals surface area (Å²) in [6, 6.07) is 13.0. The van der Waals surface area contributed by atoms with Crippen LogP contribution >= 0.6 is 0 Å². The van der Waals surface area contributed by atoms with E-state index in [0.717, 1.165) is 19.4 Å². The van der Waals surface area contributed by atoms with Crippen LogP contribution in [0.4, 0.5) is 5.69 Å². The predicted molar refractivity (Wildman–Crippen MR) is 126 cm³/mol. The molecule has 0 spiro atoms. The first-order valence-electron chi connectivity index (χ1n) is 11.2. The van der Waals surface area contributed by atoms with E-state index in [2.05, 4.69) is 15.0 Å². The number of nitrogens with zero attached hydrogens (tertiary/aromatic N) is 1. The van der Waals surface area contributed by atoms with Crippen molar-refractivity contribution in [3.63, 3.8) is 0 Å². The zero-order valence-electron chi connectivity index (χ0n) is 18.8. The van der Waals surface area contributed by atoms with E-state index in [1.807, 2.05) is 13.8 Å². The second-order valence-electron chi connectivity index (χ2n) is 8.37. The van der Waals surface area contributed by atoms with Gasteiger partial charge in [-0.15, -0.1) is 0 Å². The fourth-order valence-electron chi connectivity index (χ4n) is 3.85. The average Bonchev–Trinajstić information content (AvgIpc) is 3.42. The molecule has 0 aromatic heterocycles. The molecule has 1 fully saturated rings. The molecule has 0 radical (unpaired) electrons. The predicted octanol–water partition coefficient (Wildman–Crippen LogP) is 3.34. The quantitative estimate of drug-likeness (QED) is 0.614. The summed E-state index contributed by atoms with van der Waals surface area (Å²) in [5.74, 6) is 0.514. The van der Waals surface area contributed by atoms with Crippen LogP contribution < -0.4 is 14.8 Å². The van der Waals surface area contributed by atoms with Gasteiger partial charge in [0, 0.05) is 17.9 Å². The number of aliphatic imine (C=N–C) groups is 1. The Labute approximate surface area is 194 Å². The highest BCUT2D eigenvalue weighted by Crippen LogP contribution is 2.25. The highest BCUT2D eigenvalue weighted by atomic mass is 32.2. The van der Waals surface area contributed by atoms with E-state index in [1.54, 1.807) is 42.5 Å². The zero-order chi connectivity index (χ0) is 23.4. The van der Waals surface area contributed by atoms with Gasteiger partial charge in [0.2, 0.25) is 5.91 Å². The number of nitrogens with one attached hydrogen (secondary N) is 2. The first-order valence-corrected chi connectivity index (χ1v) is 12.7. The molecule has 2 aromatic rings. The minimum absolute atomic E-state index is 0.0937. The Morgan fingerprint density at radius 2 is 2.00 bits per heavy atom. The molecule has 33 heavy (non-hydrogen) atoms. The van der Waals surface area contributed by atoms with E-state index in [0.29, 0.717) is 30.0 Å². The second kappa shape index (κ2) is 9.93. The van der Waals surface area contributed by atoms with Crippen LogP contribution in [0, 0.1) is 5.92 Å². The molecule has 0 bridgehead atoms. The van der Waals surface area contributed by atoms with E-state index < -0.39 is 16.1 Å². The van der Waals surface area contributed by atoms with Crippen LogP contribution in [0.5, 0.6) is 5.75 Å². The van der Waals surface area contributed by atoms with Gasteiger partial charge in [-0.3, -0.25) is 14.5 Å². The van der Waals surface area contributed by atoms with E-state index in [1.165, 1.54) is 6.07 Å². The van der Waals surface area contributed by atoms with Crippen molar-refractivity contribution in [2.75, 3.05) is 18.5 Å². The normalized spacial score (nSPS) is 21.8. The Hall–Kier alpha value is -2.91. The number of benzene rings is 2. The molecule has 1 saturated heterocycles. The number of amides is 1. The number of carbonyl (C=O) groups is 1. The molecule has 2 aromatic carbocycles. The van der Waals surface area contributed by atoms with Crippen LogP contribution in [0.1, 0.15) is 38.7 Å². The van der Waals surface area contributed by atoms with E-state index in [4.69, 9.17) is 9.47 Å². The van der Waals surface area contributed by atoms with Gasteiger partial charge in [0.05, 0.1) is 11.0 Å². The van der Waals surface area contributed by atoms with Crippen molar-refractivity contribution in [2.24, 2.45) is 10.9 Å². The number of anilines is 1. The monoisotopic (exact) mass is 471 g/mol. The topological polar surface area (TPSA) is 106 Å². The molecule has 2 N–H and O–H groups in total. The van der Waals surface area contributed by atoms with Crippen LogP contribution in [0.3, 0.4) is 0 Å². The van der Waals surface area contributed by atoms with Crippen molar-refractivity contribution in [3.05, 3.63) is 54.1 Å². The molecule has 176 valence electrons. The van der Waals surface area contributed by atoms with Gasteiger partial charge in [-0.05, 0) is 55.2 Å². The molecule has 2 heterocycles. The summed E-state index contributed by atoms with van der Waals surface area (Å²) in [4.78, 5) is 17.8. The summed E-state index contributed by atoms with van der Waals surface area (Å²) in [5.41, 5.74) is 1.09. The number of rotatable bonds is 8. The van der Waals surface area contributed by atoms with Gasteiger partial charge in [-0.25, -0.2) is 8.42 Å². The van der Waals surface area contributed by atoms with Crippen LogP contribution in [-0.2, 0) is 19.6 Å². The number of carbonyl (C=O) groups excluding carboxylic acids is 1. The van der Waals surface area contributed by atoms with Gasteiger partial charge in [-0.1, -0.05) is 32.4 Å². The standard InChI is InChI=1S/C24H29N3O5S/c1-3-16(2)22(26-23-20-8-4-5-9-21(20)33(29,30)27-23)24(28)25-17-10-12-18(13-11-17)32-15-19-7-6-14-31-19/h4-5,8-13,16,19,22H,3,6-7,14-15H2,1-2H3,(H,25,28)(H,26,27)/t16-,19?,22-/m0/s1. The zero-order valence-corrected chi connectivity index (χ0v) is 19.6. The largest absolute Gasteiger partial charge is 0.491 e. The molecule has 3 atom stereocenters. The van der Waals surface area contributed by atoms with Gasteiger partial charge in [0.15, 0.2) is 0 Å². The summed E-state index contributed by atoms with van der Waals surface area (Å²) < 4.78 is 38.6. The third-order valence-corrected chi connectivity index (χ3v) is 7.36. The first-order chi connectivity index (χ1) is 15.9. The fraction of sp³-hybridized carbons (Fsp3) is 0.417. The molecule has 9 heteroatoms. The Morgan fingerprint density at radius 1 is 1.24 bits per heavy atom. The fourth-order valence-corrected chi connectivity index (χ4v) is 5.09. The average molecular weight is 472 g/mol. The first kappa shape index (κ1) is 23.3. The summed E-state index contributed by atoms with van der Waals surface area (Å²) in [7, 11) is -3.67. The Balaban J connectivity index is 1.47. The number of hydrogen-bond donors (Lipinski definition) is 2. The van der Waals surface area contributed by atoms with Crippen molar-refractivity contribution >= 4 is 27.5 Å². The summed E-state index contributed by atoms with van der Waals surface area (Å²) in [6.07, 6.45) is 2.92. The minimum atomic E-state index is -3.67. The lowest BCUT2D eigenvalue weighted by Gasteiger charge is -2.19. The van der Waals surface area contributed by atoms with Gasteiger partial charge in [-0.2, -0.15) is 0 Å². The van der Waals surface area contributed by atoms with E-state index >= 15 is 0 Å². The maximum atomic E-state index is 13.1. The lowest BCUT2D eigenvalue weighted by atomic mass is 9.98. The van der Waals surface area contributed by atoms with Gasteiger partial charge >= 0.3 is 0 Å². The van der Waals surface area contributed by atoms with Gasteiger partial charge < -0.3 is 14.8 Å². The molecular weight excluding hydrogens is 442 g/mol. The van der Waals surface area contributed by atoms with Crippen LogP contribution in [0.15, 0.2) is 58.4 Å². The maximum Gasteiger partial charge on any atom is 0.263 e. The molecular formula is C24H29N3O5S. The number of ether oxygens (including phenoxy) is 2. The van der Waals surface area contributed by atoms with Crippen molar-refractivity contribution in [1.29, 1.82) is 0 Å². The van der Waals surface area contributed by atoms with Gasteiger partial charge in [0.1, 0.15) is 24.2 Å². The lowest BCUT2D eigenvalue weighted by Crippen LogP contribution is -2.34. The molecule has 2 aliphatic rings. The Morgan fingerprint density at radius 3 is 2.70 bits per heavy atom. The summed E-state index contributed by atoms with van der Waals surface area (Å²) in [6.45, 7) is 5.19. The lowest BCUT2D eigenvalue weighted by molar-refractivity contribution is -0.118. The molecule has 0 saturated carbocycles. The third kappa shape index (κ3) is 5.36. The number of amidine groups is 1. The number of sulfonamides is 1. The smallest absolute Gasteiger partial charge is 0.263 e. The maximum absolute atomic E-state index is 13.1. The summed E-state index contributed by atoms with van der Waals surface area (Å²) >= 11 is 0. The molecule has 2 aliphatic heterocycles. The highest BCUT2D eigenvalue weighted by Gasteiger charge is 2.33.